The monoisotopic (exact) mass is 272 g/mol. The third-order valence-electron chi connectivity index (χ3n) is 3.97. The molecule has 0 spiro atoms. The van der Waals surface area contributed by atoms with Gasteiger partial charge in [-0.15, -0.1) is 0 Å². The predicted molar refractivity (Wildman–Crippen MR) is 71.1 cm³/mol. The van der Waals surface area contributed by atoms with Gasteiger partial charge < -0.3 is 20.1 Å². The fourth-order valence-corrected chi connectivity index (χ4v) is 2.11. The number of hydrogen-bond acceptors (Lipinski definition) is 3. The second-order valence-electron chi connectivity index (χ2n) is 5.39. The number of ether oxygens (including phenoxy) is 1. The predicted octanol–water partition coefficient (Wildman–Crippen LogP) is 1.45. The van der Waals surface area contributed by atoms with Gasteiger partial charge in [-0.05, 0) is 33.6 Å². The molecule has 2 N–H and O–H groups in total. The number of nitrogens with one attached hydrogen (secondary N) is 1. The lowest BCUT2D eigenvalue weighted by atomic mass is 9.95. The van der Waals surface area contributed by atoms with E-state index in [9.17, 15) is 9.59 Å². The lowest BCUT2D eigenvalue weighted by molar-refractivity contribution is -0.138. The van der Waals surface area contributed by atoms with Crippen LogP contribution in [0, 0.1) is 0 Å². The average Bonchev–Trinajstić information content (AvgIpc) is 2.65. The Morgan fingerprint density at radius 2 is 2.21 bits per heavy atom. The lowest BCUT2D eigenvalue weighted by Gasteiger charge is -2.34. The summed E-state index contributed by atoms with van der Waals surface area (Å²) in [5, 5.41) is 11.8. The molecule has 0 aliphatic carbocycles. The highest BCUT2D eigenvalue weighted by Crippen LogP contribution is 2.25. The van der Waals surface area contributed by atoms with E-state index in [2.05, 4.69) is 5.32 Å². The van der Waals surface area contributed by atoms with Crippen LogP contribution in [0.3, 0.4) is 0 Å². The summed E-state index contributed by atoms with van der Waals surface area (Å²) < 4.78 is 5.47. The van der Waals surface area contributed by atoms with Crippen LogP contribution in [-0.4, -0.2) is 52.8 Å². The Morgan fingerprint density at radius 1 is 1.58 bits per heavy atom. The largest absolute Gasteiger partial charge is 0.480 e. The van der Waals surface area contributed by atoms with Gasteiger partial charge in [0.1, 0.15) is 6.54 Å². The quantitative estimate of drug-likeness (QED) is 0.794. The molecule has 19 heavy (non-hydrogen) atoms. The minimum Gasteiger partial charge on any atom is -0.480 e. The van der Waals surface area contributed by atoms with Crippen molar-refractivity contribution >= 4 is 12.0 Å². The maximum absolute atomic E-state index is 12.3. The highest BCUT2D eigenvalue weighted by molar-refractivity contribution is 5.81. The van der Waals surface area contributed by atoms with E-state index in [1.807, 2.05) is 27.7 Å². The van der Waals surface area contributed by atoms with Crippen LogP contribution < -0.4 is 5.32 Å². The van der Waals surface area contributed by atoms with Crippen LogP contribution in [0.4, 0.5) is 4.79 Å². The Kier molecular flexibility index (Phi) is 5.17. The number of carboxylic acid groups (broad SMARTS) is 1. The van der Waals surface area contributed by atoms with Gasteiger partial charge in [-0.1, -0.05) is 6.92 Å². The van der Waals surface area contributed by atoms with Gasteiger partial charge in [-0.2, -0.15) is 0 Å². The Labute approximate surface area is 114 Å². The van der Waals surface area contributed by atoms with E-state index in [0.717, 1.165) is 6.42 Å². The van der Waals surface area contributed by atoms with Gasteiger partial charge in [0, 0.05) is 12.6 Å². The summed E-state index contributed by atoms with van der Waals surface area (Å²) in [5.74, 6) is -1.00. The van der Waals surface area contributed by atoms with Crippen LogP contribution in [0.1, 0.15) is 40.5 Å². The van der Waals surface area contributed by atoms with Crippen LogP contribution in [0.25, 0.3) is 0 Å². The molecule has 110 valence electrons. The molecule has 1 heterocycles. The Morgan fingerprint density at radius 3 is 2.63 bits per heavy atom. The number of carbonyl (C=O) groups excluding carboxylic acids is 1. The number of carbonyl (C=O) groups is 2. The standard InChI is InChI=1S/C13H24N2O4/c1-5-9(2)15(8-11(16)17)12(18)14-13(4)6-7-19-10(13)3/h9-10H,5-8H2,1-4H3,(H,14,18)(H,16,17). The first-order valence-corrected chi connectivity index (χ1v) is 6.72. The zero-order chi connectivity index (χ0) is 14.6. The minimum absolute atomic E-state index is 0.0694. The first-order valence-electron chi connectivity index (χ1n) is 6.72. The minimum atomic E-state index is -1.00. The smallest absolute Gasteiger partial charge is 0.323 e. The first-order chi connectivity index (χ1) is 8.80. The fraction of sp³-hybridized carbons (Fsp3) is 0.846. The van der Waals surface area contributed by atoms with Crippen molar-refractivity contribution in [3.63, 3.8) is 0 Å². The first kappa shape index (κ1) is 15.8. The van der Waals surface area contributed by atoms with E-state index in [1.165, 1.54) is 4.90 Å². The average molecular weight is 272 g/mol. The van der Waals surface area contributed by atoms with Crippen LogP contribution in [-0.2, 0) is 9.53 Å². The SMILES string of the molecule is CCC(C)N(CC(=O)O)C(=O)NC1(C)CCOC1C. The van der Waals surface area contributed by atoms with Gasteiger partial charge in [0.25, 0.3) is 0 Å². The maximum Gasteiger partial charge on any atom is 0.323 e. The second-order valence-corrected chi connectivity index (χ2v) is 5.39. The molecule has 0 aromatic carbocycles. The number of aliphatic carboxylic acids is 1. The maximum atomic E-state index is 12.3. The van der Waals surface area contributed by atoms with Crippen molar-refractivity contribution in [1.82, 2.24) is 10.2 Å². The molecule has 0 aromatic heterocycles. The molecule has 6 nitrogen and oxygen atoms in total. The molecule has 1 aliphatic heterocycles. The molecule has 3 unspecified atom stereocenters. The van der Waals surface area contributed by atoms with Crippen molar-refractivity contribution in [2.75, 3.05) is 13.2 Å². The molecule has 0 aromatic rings. The van der Waals surface area contributed by atoms with Crippen molar-refractivity contribution in [1.29, 1.82) is 0 Å². The van der Waals surface area contributed by atoms with Gasteiger partial charge in [0.15, 0.2) is 0 Å². The van der Waals surface area contributed by atoms with E-state index < -0.39 is 11.5 Å². The highest BCUT2D eigenvalue weighted by atomic mass is 16.5. The number of carboxylic acids is 1. The number of nitrogens with zero attached hydrogens (tertiary/aromatic N) is 1. The van der Waals surface area contributed by atoms with Crippen molar-refractivity contribution in [2.45, 2.75) is 58.2 Å². The molecule has 6 heteroatoms. The summed E-state index contributed by atoms with van der Waals surface area (Å²) in [6.07, 6.45) is 1.38. The van der Waals surface area contributed by atoms with Crippen LogP contribution in [0.5, 0.6) is 0 Å². The Bertz CT molecular complexity index is 348. The molecule has 1 aliphatic rings. The van der Waals surface area contributed by atoms with Gasteiger partial charge in [0.2, 0.25) is 0 Å². The number of rotatable bonds is 5. The molecule has 1 fully saturated rings. The van der Waals surface area contributed by atoms with Gasteiger partial charge in [0.05, 0.1) is 11.6 Å². The highest BCUT2D eigenvalue weighted by Gasteiger charge is 2.39. The number of amides is 2. The van der Waals surface area contributed by atoms with Crippen molar-refractivity contribution < 1.29 is 19.4 Å². The van der Waals surface area contributed by atoms with Crippen LogP contribution >= 0.6 is 0 Å². The van der Waals surface area contributed by atoms with E-state index in [-0.39, 0.29) is 24.7 Å². The zero-order valence-corrected chi connectivity index (χ0v) is 12.1. The van der Waals surface area contributed by atoms with Gasteiger partial charge >= 0.3 is 12.0 Å². The van der Waals surface area contributed by atoms with E-state index in [0.29, 0.717) is 13.0 Å². The molecule has 0 radical (unpaired) electrons. The summed E-state index contributed by atoms with van der Waals surface area (Å²) in [6.45, 7) is 7.94. The summed E-state index contributed by atoms with van der Waals surface area (Å²) in [4.78, 5) is 24.5. The summed E-state index contributed by atoms with van der Waals surface area (Å²) in [7, 11) is 0. The van der Waals surface area contributed by atoms with E-state index >= 15 is 0 Å². The van der Waals surface area contributed by atoms with Crippen molar-refractivity contribution in [2.24, 2.45) is 0 Å². The molecule has 3 atom stereocenters. The fourth-order valence-electron chi connectivity index (χ4n) is 2.11. The third-order valence-corrected chi connectivity index (χ3v) is 3.97. The lowest BCUT2D eigenvalue weighted by Crippen LogP contribution is -2.57. The Balaban J connectivity index is 2.74. The zero-order valence-electron chi connectivity index (χ0n) is 12.1. The van der Waals surface area contributed by atoms with Crippen LogP contribution in [0.15, 0.2) is 0 Å². The van der Waals surface area contributed by atoms with E-state index in [4.69, 9.17) is 9.84 Å². The van der Waals surface area contributed by atoms with E-state index in [1.54, 1.807) is 0 Å². The van der Waals surface area contributed by atoms with Crippen molar-refractivity contribution in [3.05, 3.63) is 0 Å². The topological polar surface area (TPSA) is 78.9 Å². The summed E-state index contributed by atoms with van der Waals surface area (Å²) in [6, 6.07) is -0.450. The summed E-state index contributed by atoms with van der Waals surface area (Å²) >= 11 is 0. The number of hydrogen-bond donors (Lipinski definition) is 2. The van der Waals surface area contributed by atoms with Gasteiger partial charge in [-0.3, -0.25) is 4.79 Å². The number of urea groups is 1. The molecular weight excluding hydrogens is 248 g/mol. The van der Waals surface area contributed by atoms with Crippen molar-refractivity contribution in [3.8, 4) is 0 Å². The summed E-state index contributed by atoms with van der Waals surface area (Å²) in [5.41, 5.74) is -0.429. The molecule has 0 bridgehead atoms. The Hall–Kier alpha value is -1.30. The normalized spacial score (nSPS) is 27.9. The molecule has 0 saturated carbocycles. The van der Waals surface area contributed by atoms with Gasteiger partial charge in [-0.25, -0.2) is 4.79 Å². The molecule has 1 saturated heterocycles. The van der Waals surface area contributed by atoms with Crippen LogP contribution in [0.2, 0.25) is 0 Å². The second kappa shape index (κ2) is 6.23. The molecule has 2 amide bonds. The molecular formula is C13H24N2O4. The molecule has 1 rings (SSSR count). The third kappa shape index (κ3) is 3.83.